The number of nitrogens with one attached hydrogen (secondary N) is 1. The molecule has 2 aromatic rings. The molecule has 2 heterocycles. The summed E-state index contributed by atoms with van der Waals surface area (Å²) in [6, 6.07) is 4.31. The van der Waals surface area contributed by atoms with Crippen molar-refractivity contribution < 1.29 is 4.79 Å². The lowest BCUT2D eigenvalue weighted by atomic mass is 9.99. The van der Waals surface area contributed by atoms with E-state index in [0.29, 0.717) is 0 Å². The summed E-state index contributed by atoms with van der Waals surface area (Å²) < 4.78 is 0. The number of hydrogen-bond donors (Lipinski definition) is 1. The molecule has 0 saturated carbocycles. The van der Waals surface area contributed by atoms with Gasteiger partial charge in [-0.2, -0.15) is 0 Å². The van der Waals surface area contributed by atoms with Crippen LogP contribution in [0.25, 0.3) is 10.9 Å². The van der Waals surface area contributed by atoms with Crippen molar-refractivity contribution in [3.8, 4) is 0 Å². The maximum atomic E-state index is 12.4. The van der Waals surface area contributed by atoms with Gasteiger partial charge in [0.25, 0.3) is 5.91 Å². The number of aryl methyl sites for hydroxylation is 3. The van der Waals surface area contributed by atoms with Crippen molar-refractivity contribution in [1.82, 2.24) is 9.88 Å². The van der Waals surface area contributed by atoms with Gasteiger partial charge in [-0.05, 0) is 49.8 Å². The third-order valence-electron chi connectivity index (χ3n) is 4.34. The number of benzene rings is 1. The fourth-order valence-electron chi connectivity index (χ4n) is 2.95. The molecule has 19 heavy (non-hydrogen) atoms. The van der Waals surface area contributed by atoms with Crippen LogP contribution in [0.1, 0.15) is 40.0 Å². The smallest absolute Gasteiger partial charge is 0.270 e. The Morgan fingerprint density at radius 3 is 2.79 bits per heavy atom. The normalized spacial score (nSPS) is 16.4. The molecule has 0 bridgehead atoms. The van der Waals surface area contributed by atoms with E-state index in [1.54, 1.807) is 0 Å². The molecule has 0 radical (unpaired) electrons. The van der Waals surface area contributed by atoms with Crippen LogP contribution in [0.5, 0.6) is 0 Å². The van der Waals surface area contributed by atoms with E-state index in [1.165, 1.54) is 22.1 Å². The third kappa shape index (κ3) is 1.84. The Kier molecular flexibility index (Phi) is 2.85. The van der Waals surface area contributed by atoms with E-state index in [-0.39, 0.29) is 5.91 Å². The first-order valence-electron chi connectivity index (χ1n) is 6.96. The molecule has 1 aliphatic rings. The van der Waals surface area contributed by atoms with E-state index in [4.69, 9.17) is 0 Å². The summed E-state index contributed by atoms with van der Waals surface area (Å²) in [5.74, 6) is 0.128. The molecular formula is C16H20N2O. The number of nitrogens with zero attached hydrogens (tertiary/aromatic N) is 1. The van der Waals surface area contributed by atoms with Gasteiger partial charge < -0.3 is 9.88 Å². The van der Waals surface area contributed by atoms with Crippen LogP contribution >= 0.6 is 0 Å². The summed E-state index contributed by atoms with van der Waals surface area (Å²) in [7, 11) is 1.89. The Hall–Kier alpha value is -1.77. The van der Waals surface area contributed by atoms with Gasteiger partial charge in [0.2, 0.25) is 0 Å². The molecule has 1 aliphatic heterocycles. The molecule has 1 aromatic heterocycles. The van der Waals surface area contributed by atoms with Gasteiger partial charge in [0.1, 0.15) is 5.69 Å². The Bertz CT molecular complexity index is 654. The summed E-state index contributed by atoms with van der Waals surface area (Å²) in [6.45, 7) is 5.09. The minimum absolute atomic E-state index is 0.128. The molecule has 0 aliphatic carbocycles. The number of aromatic nitrogens is 1. The van der Waals surface area contributed by atoms with Crippen LogP contribution < -0.4 is 0 Å². The number of aromatic amines is 1. The maximum Gasteiger partial charge on any atom is 0.270 e. The number of H-pyrrole nitrogens is 1. The second kappa shape index (κ2) is 4.41. The zero-order valence-electron chi connectivity index (χ0n) is 11.8. The average Bonchev–Trinajstić information content (AvgIpc) is 2.75. The summed E-state index contributed by atoms with van der Waals surface area (Å²) in [4.78, 5) is 17.7. The van der Waals surface area contributed by atoms with Crippen LogP contribution in [0, 0.1) is 13.8 Å². The fraction of sp³-hybridized carbons (Fsp3) is 0.438. The van der Waals surface area contributed by atoms with Gasteiger partial charge >= 0.3 is 0 Å². The van der Waals surface area contributed by atoms with Crippen LogP contribution in [-0.4, -0.2) is 29.4 Å². The van der Waals surface area contributed by atoms with Crippen molar-refractivity contribution in [2.24, 2.45) is 0 Å². The molecule has 3 rings (SSSR count). The predicted molar refractivity (Wildman–Crippen MR) is 77.7 cm³/mol. The number of fused-ring (bicyclic) bond motifs is 3. The minimum atomic E-state index is 0.128. The van der Waals surface area contributed by atoms with Crippen LogP contribution in [0.4, 0.5) is 0 Å². The van der Waals surface area contributed by atoms with Gasteiger partial charge in [0.05, 0.1) is 0 Å². The Balaban J connectivity index is 2.28. The predicted octanol–water partition coefficient (Wildman–Crippen LogP) is 3.19. The monoisotopic (exact) mass is 256 g/mol. The lowest BCUT2D eigenvalue weighted by Gasteiger charge is -2.20. The van der Waals surface area contributed by atoms with E-state index in [9.17, 15) is 4.79 Å². The van der Waals surface area contributed by atoms with E-state index < -0.39 is 0 Å². The maximum absolute atomic E-state index is 12.4. The molecule has 0 atom stereocenters. The average molecular weight is 256 g/mol. The van der Waals surface area contributed by atoms with Crippen LogP contribution in [0.15, 0.2) is 12.1 Å². The summed E-state index contributed by atoms with van der Waals surface area (Å²) >= 11 is 0. The quantitative estimate of drug-likeness (QED) is 0.772. The zero-order chi connectivity index (χ0) is 13.6. The highest BCUT2D eigenvalue weighted by Gasteiger charge is 2.23. The molecule has 0 unspecified atom stereocenters. The lowest BCUT2D eigenvalue weighted by Crippen LogP contribution is -2.30. The van der Waals surface area contributed by atoms with E-state index in [0.717, 1.165) is 37.0 Å². The SMILES string of the molecule is Cc1ccc2c3c([nH]c2c1C)C(=O)N(C)CCCC3. The molecule has 0 fully saturated rings. The molecule has 0 spiro atoms. The first kappa shape index (κ1) is 12.3. The topological polar surface area (TPSA) is 36.1 Å². The Labute approximate surface area is 113 Å². The van der Waals surface area contributed by atoms with Crippen molar-refractivity contribution in [3.63, 3.8) is 0 Å². The molecule has 3 nitrogen and oxygen atoms in total. The van der Waals surface area contributed by atoms with Crippen LogP contribution in [-0.2, 0) is 6.42 Å². The van der Waals surface area contributed by atoms with Gasteiger partial charge in [-0.15, -0.1) is 0 Å². The van der Waals surface area contributed by atoms with Crippen molar-refractivity contribution in [3.05, 3.63) is 34.5 Å². The van der Waals surface area contributed by atoms with Gasteiger partial charge in [-0.25, -0.2) is 0 Å². The van der Waals surface area contributed by atoms with E-state index >= 15 is 0 Å². The highest BCUT2D eigenvalue weighted by atomic mass is 16.2. The summed E-state index contributed by atoms with van der Waals surface area (Å²) in [6.07, 6.45) is 3.22. The third-order valence-corrected chi connectivity index (χ3v) is 4.34. The van der Waals surface area contributed by atoms with Crippen molar-refractivity contribution in [1.29, 1.82) is 0 Å². The van der Waals surface area contributed by atoms with Gasteiger partial charge in [-0.3, -0.25) is 4.79 Å². The van der Waals surface area contributed by atoms with Crippen molar-refractivity contribution in [2.45, 2.75) is 33.1 Å². The summed E-state index contributed by atoms with van der Waals surface area (Å²) in [5.41, 5.74) is 5.65. The van der Waals surface area contributed by atoms with E-state index in [2.05, 4.69) is 31.0 Å². The lowest BCUT2D eigenvalue weighted by molar-refractivity contribution is 0.0783. The van der Waals surface area contributed by atoms with Crippen LogP contribution in [0.2, 0.25) is 0 Å². The zero-order valence-corrected chi connectivity index (χ0v) is 11.8. The number of hydrogen-bond acceptors (Lipinski definition) is 1. The fourth-order valence-corrected chi connectivity index (χ4v) is 2.95. The highest BCUT2D eigenvalue weighted by molar-refractivity contribution is 6.02. The second-order valence-electron chi connectivity index (χ2n) is 5.59. The molecule has 100 valence electrons. The number of carbonyl (C=O) groups excluding carboxylic acids is 1. The molecule has 1 amide bonds. The van der Waals surface area contributed by atoms with Gasteiger partial charge in [-0.1, -0.05) is 12.1 Å². The van der Waals surface area contributed by atoms with Crippen molar-refractivity contribution in [2.75, 3.05) is 13.6 Å². The molecular weight excluding hydrogens is 236 g/mol. The minimum Gasteiger partial charge on any atom is -0.350 e. The molecule has 3 heteroatoms. The number of amides is 1. The molecule has 1 aromatic carbocycles. The van der Waals surface area contributed by atoms with Gasteiger partial charge in [0.15, 0.2) is 0 Å². The Morgan fingerprint density at radius 2 is 2.00 bits per heavy atom. The first-order valence-corrected chi connectivity index (χ1v) is 6.96. The highest BCUT2D eigenvalue weighted by Crippen LogP contribution is 2.29. The van der Waals surface area contributed by atoms with Crippen LogP contribution in [0.3, 0.4) is 0 Å². The largest absolute Gasteiger partial charge is 0.350 e. The second-order valence-corrected chi connectivity index (χ2v) is 5.59. The first-order chi connectivity index (χ1) is 9.09. The number of carbonyl (C=O) groups is 1. The molecule has 1 N–H and O–H groups in total. The molecule has 0 saturated heterocycles. The van der Waals surface area contributed by atoms with Crippen molar-refractivity contribution >= 4 is 16.8 Å². The van der Waals surface area contributed by atoms with E-state index in [1.807, 2.05) is 11.9 Å². The van der Waals surface area contributed by atoms with Gasteiger partial charge in [0, 0.05) is 24.5 Å². The standard InChI is InChI=1S/C16H20N2O/c1-10-7-8-13-12-6-4-5-9-18(3)16(19)15(12)17-14(13)11(10)2/h7-8,17H,4-6,9H2,1-3H3. The number of rotatable bonds is 0. The summed E-state index contributed by atoms with van der Waals surface area (Å²) in [5, 5.41) is 1.22. The Morgan fingerprint density at radius 1 is 1.21 bits per heavy atom.